The molecule has 0 radical (unpaired) electrons. The molecule has 0 aliphatic carbocycles. The van der Waals surface area contributed by atoms with Crippen LogP contribution in [0.5, 0.6) is 0 Å². The minimum atomic E-state index is -5.08. The second-order valence-corrected chi connectivity index (χ2v) is 8.15. The highest BCUT2D eigenvalue weighted by Crippen LogP contribution is 2.15. The van der Waals surface area contributed by atoms with Crippen molar-refractivity contribution in [2.24, 2.45) is 5.92 Å². The first-order valence-electron chi connectivity index (χ1n) is 10.9. The average Bonchev–Trinajstić information content (AvgIpc) is 3.08. The number of carboxylic acid groups (broad SMARTS) is 2. The summed E-state index contributed by atoms with van der Waals surface area (Å²) in [5, 5.41) is 18.5. The molecule has 10 nitrogen and oxygen atoms in total. The van der Waals surface area contributed by atoms with Gasteiger partial charge in [-0.25, -0.2) is 19.6 Å². The van der Waals surface area contributed by atoms with Crippen LogP contribution in [0.15, 0.2) is 29.0 Å². The van der Waals surface area contributed by atoms with Crippen molar-refractivity contribution in [3.63, 3.8) is 0 Å². The van der Waals surface area contributed by atoms with E-state index in [-0.39, 0.29) is 0 Å². The second kappa shape index (κ2) is 14.3. The maximum Gasteiger partial charge on any atom is 0.490 e. The first-order valence-corrected chi connectivity index (χ1v) is 10.9. The molecule has 208 valence electrons. The first-order chi connectivity index (χ1) is 17.1. The Kier molecular flexibility index (Phi) is 12.3. The highest BCUT2D eigenvalue weighted by Gasteiger charge is 2.38. The molecule has 37 heavy (non-hydrogen) atoms. The van der Waals surface area contributed by atoms with Gasteiger partial charge in [-0.2, -0.15) is 26.3 Å². The average molecular weight is 543 g/mol. The van der Waals surface area contributed by atoms with Crippen molar-refractivity contribution < 1.29 is 50.7 Å². The van der Waals surface area contributed by atoms with E-state index in [2.05, 4.69) is 44.8 Å². The quantitative estimate of drug-likeness (QED) is 0.539. The van der Waals surface area contributed by atoms with Crippen molar-refractivity contribution in [3.8, 4) is 0 Å². The summed E-state index contributed by atoms with van der Waals surface area (Å²) in [5.74, 6) is -3.10. The third kappa shape index (κ3) is 12.9. The predicted molar refractivity (Wildman–Crippen MR) is 117 cm³/mol. The van der Waals surface area contributed by atoms with Gasteiger partial charge in [0, 0.05) is 57.6 Å². The number of anilines is 1. The summed E-state index contributed by atoms with van der Waals surface area (Å²) in [6, 6.07) is 3.95. The van der Waals surface area contributed by atoms with Crippen LogP contribution in [0.25, 0.3) is 0 Å². The molecule has 1 aliphatic heterocycles. The number of nitrogens with zero attached hydrogens (tertiary/aromatic N) is 5. The van der Waals surface area contributed by atoms with E-state index in [1.807, 2.05) is 6.07 Å². The highest BCUT2D eigenvalue weighted by molar-refractivity contribution is 5.73. The normalized spacial score (nSPS) is 14.7. The number of carboxylic acids is 2. The van der Waals surface area contributed by atoms with Crippen molar-refractivity contribution in [3.05, 3.63) is 36.0 Å². The van der Waals surface area contributed by atoms with Crippen LogP contribution in [0.3, 0.4) is 0 Å². The number of aromatic nitrogens is 3. The van der Waals surface area contributed by atoms with Crippen LogP contribution in [0.2, 0.25) is 0 Å². The lowest BCUT2D eigenvalue weighted by Crippen LogP contribution is -2.31. The Bertz CT molecular complexity index is 945. The third-order valence-electron chi connectivity index (χ3n) is 4.51. The van der Waals surface area contributed by atoms with Crippen molar-refractivity contribution in [2.75, 3.05) is 31.1 Å². The Hall–Kier alpha value is -3.43. The minimum Gasteiger partial charge on any atom is -0.475 e. The number of aliphatic carboxylic acids is 2. The molecule has 3 rings (SSSR count). The number of hydrogen-bond donors (Lipinski definition) is 2. The Morgan fingerprint density at radius 1 is 0.973 bits per heavy atom. The molecule has 0 spiro atoms. The van der Waals surface area contributed by atoms with Crippen molar-refractivity contribution in [1.29, 1.82) is 0 Å². The van der Waals surface area contributed by atoms with E-state index in [1.54, 1.807) is 12.4 Å². The Morgan fingerprint density at radius 3 is 2.00 bits per heavy atom. The first kappa shape index (κ1) is 31.6. The fourth-order valence-corrected chi connectivity index (χ4v) is 2.94. The zero-order valence-electron chi connectivity index (χ0n) is 20.0. The molecule has 1 aliphatic rings. The number of rotatable bonds is 5. The highest BCUT2D eigenvalue weighted by atomic mass is 19.4. The molecule has 0 atom stereocenters. The van der Waals surface area contributed by atoms with Gasteiger partial charge in [-0.05, 0) is 18.4 Å². The molecule has 0 unspecified atom stereocenters. The molecular formula is C21H27F6N5O5. The van der Waals surface area contributed by atoms with E-state index in [0.29, 0.717) is 5.92 Å². The van der Waals surface area contributed by atoms with Crippen LogP contribution in [-0.4, -0.2) is 80.7 Å². The van der Waals surface area contributed by atoms with E-state index < -0.39 is 24.3 Å². The molecule has 0 saturated carbocycles. The smallest absolute Gasteiger partial charge is 0.475 e. The Morgan fingerprint density at radius 2 is 1.51 bits per heavy atom. The zero-order valence-corrected chi connectivity index (χ0v) is 20.0. The van der Waals surface area contributed by atoms with Gasteiger partial charge in [-0.1, -0.05) is 19.0 Å². The Labute approximate surface area is 207 Å². The van der Waals surface area contributed by atoms with Crippen LogP contribution in [0.1, 0.15) is 31.7 Å². The monoisotopic (exact) mass is 543 g/mol. The third-order valence-corrected chi connectivity index (χ3v) is 4.51. The van der Waals surface area contributed by atoms with Gasteiger partial charge in [-0.3, -0.25) is 4.90 Å². The number of alkyl halides is 6. The lowest BCUT2D eigenvalue weighted by molar-refractivity contribution is -0.193. The summed E-state index contributed by atoms with van der Waals surface area (Å²) in [5.41, 5.74) is 1.03. The van der Waals surface area contributed by atoms with Crippen LogP contribution < -0.4 is 4.90 Å². The Balaban J connectivity index is 0.000000404. The number of halogens is 6. The molecule has 16 heteroatoms. The lowest BCUT2D eigenvalue weighted by Gasteiger charge is -2.21. The van der Waals surface area contributed by atoms with E-state index in [0.717, 1.165) is 63.0 Å². The van der Waals surface area contributed by atoms with Gasteiger partial charge in [0.1, 0.15) is 5.76 Å². The predicted octanol–water partition coefficient (Wildman–Crippen LogP) is 3.64. The molecule has 2 N–H and O–H groups in total. The topological polar surface area (TPSA) is 133 Å². The van der Waals surface area contributed by atoms with Gasteiger partial charge < -0.3 is 19.6 Å². The summed E-state index contributed by atoms with van der Waals surface area (Å²) >= 11 is 0. The number of carbonyl (C=O) groups is 2. The zero-order chi connectivity index (χ0) is 28.2. The van der Waals surface area contributed by atoms with Crippen LogP contribution >= 0.6 is 0 Å². The largest absolute Gasteiger partial charge is 0.490 e. The van der Waals surface area contributed by atoms with Crippen LogP contribution in [0.4, 0.5) is 32.3 Å². The SMILES string of the molecule is CC(C)Cc1cc(CN2CCCN(c3ncccn3)CC2)no1.O=C(O)C(F)(F)F.O=C(O)C(F)(F)F. The minimum absolute atomic E-state index is 0.591. The lowest BCUT2D eigenvalue weighted by atomic mass is 10.1. The van der Waals surface area contributed by atoms with Crippen molar-refractivity contribution in [1.82, 2.24) is 20.0 Å². The van der Waals surface area contributed by atoms with Gasteiger partial charge in [0.15, 0.2) is 0 Å². The molecule has 0 aromatic carbocycles. The molecule has 1 fully saturated rings. The van der Waals surface area contributed by atoms with E-state index in [9.17, 15) is 26.3 Å². The summed E-state index contributed by atoms with van der Waals surface area (Å²) in [4.78, 5) is 31.2. The van der Waals surface area contributed by atoms with E-state index >= 15 is 0 Å². The van der Waals surface area contributed by atoms with E-state index in [4.69, 9.17) is 24.3 Å². The fraction of sp³-hybridized carbons (Fsp3) is 0.571. The summed E-state index contributed by atoms with van der Waals surface area (Å²) < 4.78 is 68.9. The van der Waals surface area contributed by atoms with Crippen LogP contribution in [0, 0.1) is 5.92 Å². The van der Waals surface area contributed by atoms with E-state index in [1.165, 1.54) is 0 Å². The maximum atomic E-state index is 10.6. The molecular weight excluding hydrogens is 516 g/mol. The van der Waals surface area contributed by atoms with Gasteiger partial charge in [0.05, 0.1) is 5.69 Å². The molecule has 0 bridgehead atoms. The van der Waals surface area contributed by atoms with Crippen LogP contribution in [-0.2, 0) is 22.6 Å². The molecule has 2 aromatic heterocycles. The van der Waals surface area contributed by atoms with Gasteiger partial charge in [0.25, 0.3) is 0 Å². The standard InChI is InChI=1S/C17H25N5O.2C2HF3O2/c1-14(2)11-16-12-15(20-23-16)13-21-7-4-8-22(10-9-21)17-18-5-3-6-19-17;2*3-2(4,5)1(6)7/h3,5-6,12,14H,4,7-11,13H2,1-2H3;2*(H,6,7). The van der Waals surface area contributed by atoms with Gasteiger partial charge >= 0.3 is 24.3 Å². The van der Waals surface area contributed by atoms with Gasteiger partial charge in [-0.15, -0.1) is 0 Å². The molecule has 3 heterocycles. The summed E-state index contributed by atoms with van der Waals surface area (Å²) in [7, 11) is 0. The fourth-order valence-electron chi connectivity index (χ4n) is 2.94. The second-order valence-electron chi connectivity index (χ2n) is 8.15. The molecule has 0 amide bonds. The molecule has 1 saturated heterocycles. The van der Waals surface area contributed by atoms with Crippen molar-refractivity contribution in [2.45, 2.75) is 45.6 Å². The number of hydrogen-bond acceptors (Lipinski definition) is 8. The van der Waals surface area contributed by atoms with Gasteiger partial charge in [0.2, 0.25) is 5.95 Å². The molecule has 2 aromatic rings. The summed E-state index contributed by atoms with van der Waals surface area (Å²) in [6.45, 7) is 9.23. The summed E-state index contributed by atoms with van der Waals surface area (Å²) in [6.07, 6.45) is -4.51. The van der Waals surface area contributed by atoms with Crippen molar-refractivity contribution >= 4 is 17.9 Å². The maximum absolute atomic E-state index is 10.6.